The van der Waals surface area contributed by atoms with E-state index >= 15 is 0 Å². The second kappa shape index (κ2) is 7.54. The molecule has 0 amide bonds. The second-order valence-electron chi connectivity index (χ2n) is 3.39. The first-order chi connectivity index (χ1) is 7.74. The van der Waals surface area contributed by atoms with Gasteiger partial charge in [-0.15, -0.1) is 0 Å². The van der Waals surface area contributed by atoms with Gasteiger partial charge in [0.2, 0.25) is 0 Å². The molecule has 0 aliphatic carbocycles. The minimum Gasteiger partial charge on any atom is -0.492 e. The van der Waals surface area contributed by atoms with E-state index in [2.05, 4.69) is 22.0 Å². The van der Waals surface area contributed by atoms with Crippen molar-refractivity contribution in [2.45, 2.75) is 25.7 Å². The molecule has 0 heterocycles. The fourth-order valence-corrected chi connectivity index (χ4v) is 2.05. The van der Waals surface area contributed by atoms with Crippen LogP contribution in [0.1, 0.15) is 25.7 Å². The predicted molar refractivity (Wildman–Crippen MR) is 68.7 cm³/mol. The normalized spacial score (nSPS) is 9.81. The molecule has 4 heteroatoms. The smallest absolute Gasteiger partial charge is 0.133 e. The van der Waals surface area contributed by atoms with Crippen LogP contribution in [-0.4, -0.2) is 6.61 Å². The summed E-state index contributed by atoms with van der Waals surface area (Å²) in [5.74, 6) is 0.810. The summed E-state index contributed by atoms with van der Waals surface area (Å²) >= 11 is 9.21. The molecule has 2 nitrogen and oxygen atoms in total. The third kappa shape index (κ3) is 4.87. The Balaban J connectivity index is 2.25. The predicted octanol–water partition coefficient (Wildman–Crippen LogP) is 4.57. The van der Waals surface area contributed by atoms with Crippen molar-refractivity contribution in [2.75, 3.05) is 6.61 Å². The van der Waals surface area contributed by atoms with Gasteiger partial charge in [-0.1, -0.05) is 11.6 Å². The lowest BCUT2D eigenvalue weighted by molar-refractivity contribution is 0.304. The number of halogens is 2. The Labute approximate surface area is 109 Å². The van der Waals surface area contributed by atoms with E-state index in [-0.39, 0.29) is 0 Å². The Hall–Kier alpha value is -0.720. The van der Waals surface area contributed by atoms with Crippen molar-refractivity contribution in [2.24, 2.45) is 0 Å². The van der Waals surface area contributed by atoms with Crippen molar-refractivity contribution in [3.05, 3.63) is 27.7 Å². The van der Waals surface area contributed by atoms with Gasteiger partial charge in [0.25, 0.3) is 0 Å². The van der Waals surface area contributed by atoms with Crippen LogP contribution in [0.5, 0.6) is 5.75 Å². The van der Waals surface area contributed by atoms with E-state index in [1.165, 1.54) is 0 Å². The van der Waals surface area contributed by atoms with Crippen LogP contribution in [-0.2, 0) is 0 Å². The molecule has 86 valence electrons. The number of hydrogen-bond donors (Lipinski definition) is 0. The molecule has 0 N–H and O–H groups in total. The monoisotopic (exact) mass is 301 g/mol. The molecular weight excluding hydrogens is 289 g/mol. The standard InChI is InChI=1S/C12H13BrClNO/c13-11-9-10(14)5-6-12(11)16-8-4-2-1-3-7-15/h5-6,9H,1-4,8H2. The molecule has 0 atom stereocenters. The summed E-state index contributed by atoms with van der Waals surface area (Å²) in [4.78, 5) is 0. The summed E-state index contributed by atoms with van der Waals surface area (Å²) < 4.78 is 6.46. The highest BCUT2D eigenvalue weighted by molar-refractivity contribution is 9.10. The highest BCUT2D eigenvalue weighted by Crippen LogP contribution is 2.28. The van der Waals surface area contributed by atoms with Gasteiger partial charge in [-0.3, -0.25) is 0 Å². The summed E-state index contributed by atoms with van der Waals surface area (Å²) in [6.07, 6.45) is 3.57. The molecule has 0 bridgehead atoms. The maximum atomic E-state index is 8.36. The lowest BCUT2D eigenvalue weighted by Gasteiger charge is -2.07. The van der Waals surface area contributed by atoms with E-state index in [4.69, 9.17) is 21.6 Å². The summed E-state index contributed by atoms with van der Waals surface area (Å²) in [6, 6.07) is 7.59. The zero-order valence-corrected chi connectivity index (χ0v) is 11.2. The summed E-state index contributed by atoms with van der Waals surface area (Å²) in [5, 5.41) is 9.05. The largest absolute Gasteiger partial charge is 0.492 e. The van der Waals surface area contributed by atoms with Gasteiger partial charge in [0.1, 0.15) is 5.75 Å². The molecular formula is C12H13BrClNO. The number of benzene rings is 1. The van der Waals surface area contributed by atoms with Gasteiger partial charge in [0.15, 0.2) is 0 Å². The highest BCUT2D eigenvalue weighted by atomic mass is 79.9. The average molecular weight is 303 g/mol. The average Bonchev–Trinajstić information content (AvgIpc) is 2.26. The Morgan fingerprint density at radius 1 is 1.31 bits per heavy atom. The fourth-order valence-electron chi connectivity index (χ4n) is 1.26. The molecule has 0 aliphatic heterocycles. The molecule has 0 aliphatic rings. The number of unbranched alkanes of at least 4 members (excludes halogenated alkanes) is 3. The number of hydrogen-bond acceptors (Lipinski definition) is 2. The number of nitriles is 1. The van der Waals surface area contributed by atoms with Gasteiger partial charge in [-0.05, 0) is 53.4 Å². The Bertz CT molecular complexity index is 376. The maximum Gasteiger partial charge on any atom is 0.133 e. The molecule has 16 heavy (non-hydrogen) atoms. The van der Waals surface area contributed by atoms with Crippen LogP contribution in [0.15, 0.2) is 22.7 Å². The Morgan fingerprint density at radius 2 is 2.12 bits per heavy atom. The van der Waals surface area contributed by atoms with Crippen LogP contribution in [0.3, 0.4) is 0 Å². The van der Waals surface area contributed by atoms with Crippen LogP contribution in [0.2, 0.25) is 5.02 Å². The van der Waals surface area contributed by atoms with Crippen molar-refractivity contribution >= 4 is 27.5 Å². The van der Waals surface area contributed by atoms with E-state index < -0.39 is 0 Å². The van der Waals surface area contributed by atoms with Crippen molar-refractivity contribution in [1.82, 2.24) is 0 Å². The summed E-state index contributed by atoms with van der Waals surface area (Å²) in [6.45, 7) is 0.672. The quantitative estimate of drug-likeness (QED) is 0.721. The van der Waals surface area contributed by atoms with Crippen molar-refractivity contribution in [3.63, 3.8) is 0 Å². The number of ether oxygens (including phenoxy) is 1. The molecule has 1 aromatic carbocycles. The number of nitrogens with zero attached hydrogens (tertiary/aromatic N) is 1. The molecule has 0 spiro atoms. The molecule has 1 aromatic rings. The van der Waals surface area contributed by atoms with E-state index in [9.17, 15) is 0 Å². The van der Waals surface area contributed by atoms with E-state index in [0.29, 0.717) is 18.1 Å². The summed E-state index contributed by atoms with van der Waals surface area (Å²) in [5.41, 5.74) is 0. The van der Waals surface area contributed by atoms with Gasteiger partial charge in [0.05, 0.1) is 17.1 Å². The van der Waals surface area contributed by atoms with Crippen molar-refractivity contribution in [3.8, 4) is 11.8 Å². The van der Waals surface area contributed by atoms with Gasteiger partial charge in [-0.25, -0.2) is 0 Å². The SMILES string of the molecule is N#CCCCCCOc1ccc(Cl)cc1Br. The first-order valence-corrected chi connectivity index (χ1v) is 6.36. The van der Waals surface area contributed by atoms with Gasteiger partial charge in [-0.2, -0.15) is 5.26 Å². The Morgan fingerprint density at radius 3 is 2.81 bits per heavy atom. The van der Waals surface area contributed by atoms with Gasteiger partial charge >= 0.3 is 0 Å². The zero-order valence-electron chi connectivity index (χ0n) is 8.88. The van der Waals surface area contributed by atoms with Crippen molar-refractivity contribution in [1.29, 1.82) is 5.26 Å². The first-order valence-electron chi connectivity index (χ1n) is 5.19. The highest BCUT2D eigenvalue weighted by Gasteiger charge is 2.01. The molecule has 0 unspecified atom stereocenters. The van der Waals surface area contributed by atoms with Crippen LogP contribution in [0, 0.1) is 11.3 Å². The topological polar surface area (TPSA) is 33.0 Å². The second-order valence-corrected chi connectivity index (χ2v) is 4.68. The zero-order chi connectivity index (χ0) is 11.8. The molecule has 0 radical (unpaired) electrons. The lowest BCUT2D eigenvalue weighted by atomic mass is 10.2. The lowest BCUT2D eigenvalue weighted by Crippen LogP contribution is -1.97. The third-order valence-electron chi connectivity index (χ3n) is 2.08. The van der Waals surface area contributed by atoms with E-state index in [0.717, 1.165) is 29.5 Å². The third-order valence-corrected chi connectivity index (χ3v) is 2.94. The first kappa shape index (κ1) is 13.3. The number of rotatable bonds is 6. The minimum absolute atomic E-state index is 0.630. The molecule has 0 saturated carbocycles. The maximum absolute atomic E-state index is 8.36. The van der Waals surface area contributed by atoms with Crippen LogP contribution in [0.4, 0.5) is 0 Å². The summed E-state index contributed by atoms with van der Waals surface area (Å²) in [7, 11) is 0. The van der Waals surface area contributed by atoms with Crippen LogP contribution >= 0.6 is 27.5 Å². The van der Waals surface area contributed by atoms with E-state index in [1.54, 1.807) is 6.07 Å². The minimum atomic E-state index is 0.630. The molecule has 0 aromatic heterocycles. The van der Waals surface area contributed by atoms with E-state index in [1.807, 2.05) is 12.1 Å². The van der Waals surface area contributed by atoms with Crippen molar-refractivity contribution < 1.29 is 4.74 Å². The molecule has 0 saturated heterocycles. The van der Waals surface area contributed by atoms with Crippen LogP contribution < -0.4 is 4.74 Å². The van der Waals surface area contributed by atoms with Gasteiger partial charge in [0, 0.05) is 11.4 Å². The van der Waals surface area contributed by atoms with Crippen LogP contribution in [0.25, 0.3) is 0 Å². The van der Waals surface area contributed by atoms with Gasteiger partial charge < -0.3 is 4.74 Å². The fraction of sp³-hybridized carbons (Fsp3) is 0.417. The molecule has 0 fully saturated rings. The molecule has 1 rings (SSSR count). The Kier molecular flexibility index (Phi) is 6.29.